The summed E-state index contributed by atoms with van der Waals surface area (Å²) >= 11 is 0. The van der Waals surface area contributed by atoms with Crippen LogP contribution in [-0.4, -0.2) is 39.7 Å². The van der Waals surface area contributed by atoms with Crippen molar-refractivity contribution in [1.82, 2.24) is 15.0 Å². The van der Waals surface area contributed by atoms with Gasteiger partial charge in [0.15, 0.2) is 5.82 Å². The lowest BCUT2D eigenvalue weighted by Crippen LogP contribution is -2.25. The molecule has 0 aliphatic carbocycles. The van der Waals surface area contributed by atoms with Crippen molar-refractivity contribution in [3.05, 3.63) is 11.7 Å². The fourth-order valence-electron chi connectivity index (χ4n) is 1.32. The summed E-state index contributed by atoms with van der Waals surface area (Å²) in [5.74, 6) is 0.736. The van der Waals surface area contributed by atoms with Gasteiger partial charge < -0.3 is 9.63 Å². The zero-order valence-corrected chi connectivity index (χ0v) is 9.80. The van der Waals surface area contributed by atoms with Gasteiger partial charge in [0.25, 0.3) is 0 Å². The number of carbonyl (C=O) groups is 1. The second kappa shape index (κ2) is 5.60. The van der Waals surface area contributed by atoms with E-state index < -0.39 is 5.97 Å². The first-order valence-corrected chi connectivity index (χ1v) is 5.19. The molecular formula is C10H17N3O3. The first-order valence-electron chi connectivity index (χ1n) is 5.19. The first-order chi connectivity index (χ1) is 7.47. The minimum Gasteiger partial charge on any atom is -0.480 e. The summed E-state index contributed by atoms with van der Waals surface area (Å²) in [6.07, 6.45) is 0.770. The highest BCUT2D eigenvalue weighted by Crippen LogP contribution is 2.06. The van der Waals surface area contributed by atoms with E-state index in [0.717, 1.165) is 6.42 Å². The molecular weight excluding hydrogens is 210 g/mol. The maximum atomic E-state index is 10.4. The predicted molar refractivity (Wildman–Crippen MR) is 56.8 cm³/mol. The molecule has 0 bridgehead atoms. The molecule has 6 nitrogen and oxygen atoms in total. The molecule has 1 aromatic rings. The van der Waals surface area contributed by atoms with Gasteiger partial charge in [-0.05, 0) is 13.0 Å². The van der Waals surface area contributed by atoms with Gasteiger partial charge in [0.2, 0.25) is 5.89 Å². The lowest BCUT2D eigenvalue weighted by molar-refractivity contribution is -0.138. The summed E-state index contributed by atoms with van der Waals surface area (Å²) in [7, 11) is 1.69. The minimum atomic E-state index is -0.871. The largest absolute Gasteiger partial charge is 0.480 e. The van der Waals surface area contributed by atoms with Crippen molar-refractivity contribution in [3.8, 4) is 0 Å². The Morgan fingerprint density at radius 1 is 1.56 bits per heavy atom. The number of aromatic nitrogens is 2. The number of hydrogen-bond donors (Lipinski definition) is 1. The van der Waals surface area contributed by atoms with E-state index in [1.165, 1.54) is 0 Å². The standard InChI is InChI=1S/C10H17N3O3/c1-7(2)4-8-11-9(16-12-8)5-13(3)6-10(14)15/h7H,4-6H2,1-3H3,(H,14,15). The average Bonchev–Trinajstić information content (AvgIpc) is 2.49. The van der Waals surface area contributed by atoms with Gasteiger partial charge in [0, 0.05) is 6.42 Å². The van der Waals surface area contributed by atoms with E-state index in [-0.39, 0.29) is 6.54 Å². The summed E-state index contributed by atoms with van der Waals surface area (Å²) in [6.45, 7) is 4.47. The Bertz CT molecular complexity index is 349. The smallest absolute Gasteiger partial charge is 0.317 e. The van der Waals surface area contributed by atoms with Crippen molar-refractivity contribution in [3.63, 3.8) is 0 Å². The number of nitrogens with zero attached hydrogens (tertiary/aromatic N) is 3. The van der Waals surface area contributed by atoms with Crippen LogP contribution >= 0.6 is 0 Å². The Kier molecular flexibility index (Phi) is 4.42. The average molecular weight is 227 g/mol. The number of rotatable bonds is 6. The Hall–Kier alpha value is -1.43. The predicted octanol–water partition coefficient (Wildman–Crippen LogP) is 0.784. The second-order valence-corrected chi connectivity index (χ2v) is 4.27. The molecule has 16 heavy (non-hydrogen) atoms. The number of carboxylic acids is 1. The van der Waals surface area contributed by atoms with Crippen molar-refractivity contribution in [1.29, 1.82) is 0 Å². The molecule has 1 N–H and O–H groups in total. The summed E-state index contributed by atoms with van der Waals surface area (Å²) in [4.78, 5) is 16.2. The molecule has 0 saturated carbocycles. The molecule has 0 saturated heterocycles. The highest BCUT2D eigenvalue weighted by Gasteiger charge is 2.11. The molecule has 0 atom stereocenters. The molecule has 0 spiro atoms. The fourth-order valence-corrected chi connectivity index (χ4v) is 1.32. The van der Waals surface area contributed by atoms with Crippen molar-refractivity contribution in [2.24, 2.45) is 5.92 Å². The Morgan fingerprint density at radius 2 is 2.25 bits per heavy atom. The van der Waals surface area contributed by atoms with Crippen LogP contribution in [0.1, 0.15) is 25.6 Å². The topological polar surface area (TPSA) is 79.5 Å². The molecule has 0 unspecified atom stereocenters. The molecule has 0 amide bonds. The van der Waals surface area contributed by atoms with Crippen LogP contribution in [0.5, 0.6) is 0 Å². The summed E-state index contributed by atoms with van der Waals surface area (Å²) in [6, 6.07) is 0. The Morgan fingerprint density at radius 3 is 2.81 bits per heavy atom. The van der Waals surface area contributed by atoms with Crippen LogP contribution in [0.25, 0.3) is 0 Å². The normalized spacial score (nSPS) is 11.3. The number of likely N-dealkylation sites (N-methyl/N-ethyl adjacent to an activating group) is 1. The first kappa shape index (κ1) is 12.6. The third-order valence-corrected chi connectivity index (χ3v) is 1.91. The van der Waals surface area contributed by atoms with Crippen LogP contribution in [0.15, 0.2) is 4.52 Å². The minimum absolute atomic E-state index is 0.0398. The molecule has 0 aliphatic heterocycles. The number of carboxylic acid groups (broad SMARTS) is 1. The molecule has 1 rings (SSSR count). The van der Waals surface area contributed by atoms with E-state index in [2.05, 4.69) is 24.0 Å². The summed E-state index contributed by atoms with van der Waals surface area (Å²) in [5, 5.41) is 12.4. The third kappa shape index (κ3) is 4.39. The highest BCUT2D eigenvalue weighted by atomic mass is 16.5. The van der Waals surface area contributed by atoms with E-state index >= 15 is 0 Å². The van der Waals surface area contributed by atoms with Gasteiger partial charge in [0.1, 0.15) is 0 Å². The van der Waals surface area contributed by atoms with Gasteiger partial charge in [-0.3, -0.25) is 9.69 Å². The van der Waals surface area contributed by atoms with Crippen molar-refractivity contribution in [2.45, 2.75) is 26.8 Å². The molecule has 1 aromatic heterocycles. The van der Waals surface area contributed by atoms with E-state index in [1.54, 1.807) is 11.9 Å². The van der Waals surface area contributed by atoms with Crippen LogP contribution in [0.3, 0.4) is 0 Å². The van der Waals surface area contributed by atoms with Gasteiger partial charge in [-0.25, -0.2) is 0 Å². The monoisotopic (exact) mass is 227 g/mol. The van der Waals surface area contributed by atoms with Gasteiger partial charge in [-0.2, -0.15) is 4.98 Å². The number of hydrogen-bond acceptors (Lipinski definition) is 5. The van der Waals surface area contributed by atoms with Crippen molar-refractivity contribution < 1.29 is 14.4 Å². The van der Waals surface area contributed by atoms with E-state index in [9.17, 15) is 4.79 Å². The molecule has 0 radical (unpaired) electrons. The number of aliphatic carboxylic acids is 1. The fraction of sp³-hybridized carbons (Fsp3) is 0.700. The van der Waals surface area contributed by atoms with Gasteiger partial charge in [-0.1, -0.05) is 19.0 Å². The molecule has 6 heteroatoms. The quantitative estimate of drug-likeness (QED) is 0.773. The van der Waals surface area contributed by atoms with Crippen molar-refractivity contribution in [2.75, 3.05) is 13.6 Å². The van der Waals surface area contributed by atoms with Crippen LogP contribution in [-0.2, 0) is 17.8 Å². The maximum Gasteiger partial charge on any atom is 0.317 e. The van der Waals surface area contributed by atoms with E-state index in [1.807, 2.05) is 0 Å². The summed E-state index contributed by atoms with van der Waals surface area (Å²) in [5.41, 5.74) is 0. The highest BCUT2D eigenvalue weighted by molar-refractivity contribution is 5.68. The molecule has 1 heterocycles. The summed E-state index contributed by atoms with van der Waals surface area (Å²) < 4.78 is 5.02. The van der Waals surface area contributed by atoms with Crippen LogP contribution in [0.2, 0.25) is 0 Å². The van der Waals surface area contributed by atoms with E-state index in [0.29, 0.717) is 24.2 Å². The third-order valence-electron chi connectivity index (χ3n) is 1.91. The maximum absolute atomic E-state index is 10.4. The SMILES string of the molecule is CC(C)Cc1noc(CN(C)CC(=O)O)n1. The van der Waals surface area contributed by atoms with Crippen LogP contribution in [0, 0.1) is 5.92 Å². The van der Waals surface area contributed by atoms with E-state index in [4.69, 9.17) is 9.63 Å². The lowest BCUT2D eigenvalue weighted by atomic mass is 10.1. The molecule has 90 valence electrons. The van der Waals surface area contributed by atoms with Crippen LogP contribution < -0.4 is 0 Å². The molecule has 0 fully saturated rings. The van der Waals surface area contributed by atoms with Gasteiger partial charge in [-0.15, -0.1) is 0 Å². The molecule has 0 aliphatic rings. The Balaban J connectivity index is 2.48. The van der Waals surface area contributed by atoms with Crippen LogP contribution in [0.4, 0.5) is 0 Å². The zero-order chi connectivity index (χ0) is 12.1. The zero-order valence-electron chi connectivity index (χ0n) is 9.80. The molecule has 0 aromatic carbocycles. The Labute approximate surface area is 94.3 Å². The lowest BCUT2D eigenvalue weighted by Gasteiger charge is -2.09. The van der Waals surface area contributed by atoms with Crippen molar-refractivity contribution >= 4 is 5.97 Å². The van der Waals surface area contributed by atoms with Gasteiger partial charge >= 0.3 is 5.97 Å². The second-order valence-electron chi connectivity index (χ2n) is 4.27. The van der Waals surface area contributed by atoms with Gasteiger partial charge in [0.05, 0.1) is 13.1 Å².